The minimum atomic E-state index is 0. The molecule has 0 spiro atoms. The first kappa shape index (κ1) is 18.2. The van der Waals surface area contributed by atoms with Crippen molar-refractivity contribution in [2.75, 3.05) is 11.9 Å². The van der Waals surface area contributed by atoms with Crippen LogP contribution in [0.1, 0.15) is 32.1 Å². The number of anilines is 1. The van der Waals surface area contributed by atoms with Crippen molar-refractivity contribution in [1.82, 2.24) is 9.78 Å². The number of para-hydroxylation sites is 1. The van der Waals surface area contributed by atoms with Gasteiger partial charge in [0.2, 0.25) is 5.91 Å². The maximum Gasteiger partial charge on any atom is 0.225 e. The molecule has 0 aliphatic heterocycles. The number of aromatic nitrogens is 2. The summed E-state index contributed by atoms with van der Waals surface area (Å²) >= 11 is 0. The van der Waals surface area contributed by atoms with Crippen LogP contribution in [0.2, 0.25) is 0 Å². The van der Waals surface area contributed by atoms with E-state index in [4.69, 9.17) is 5.73 Å². The molecule has 1 amide bonds. The van der Waals surface area contributed by atoms with E-state index in [1.807, 2.05) is 36.5 Å². The molecule has 5 nitrogen and oxygen atoms in total. The van der Waals surface area contributed by atoms with Crippen LogP contribution in [-0.4, -0.2) is 22.2 Å². The summed E-state index contributed by atoms with van der Waals surface area (Å²) in [7, 11) is 0. The van der Waals surface area contributed by atoms with Gasteiger partial charge in [-0.2, -0.15) is 5.10 Å². The zero-order chi connectivity index (χ0) is 14.9. The molecule has 22 heavy (non-hydrogen) atoms. The van der Waals surface area contributed by atoms with Crippen LogP contribution >= 0.6 is 12.4 Å². The number of amides is 1. The summed E-state index contributed by atoms with van der Waals surface area (Å²) in [6.45, 7) is 0.725. The molecule has 3 N–H and O–H groups in total. The van der Waals surface area contributed by atoms with Gasteiger partial charge in [-0.25, -0.2) is 4.68 Å². The van der Waals surface area contributed by atoms with Crippen LogP contribution in [-0.2, 0) is 4.79 Å². The van der Waals surface area contributed by atoms with E-state index in [2.05, 4.69) is 10.4 Å². The van der Waals surface area contributed by atoms with Gasteiger partial charge in [-0.05, 0) is 31.5 Å². The molecule has 0 bridgehead atoms. The summed E-state index contributed by atoms with van der Waals surface area (Å²) in [5, 5.41) is 7.17. The maximum absolute atomic E-state index is 11.8. The Labute approximate surface area is 137 Å². The molecule has 0 fully saturated rings. The van der Waals surface area contributed by atoms with Crippen molar-refractivity contribution in [1.29, 1.82) is 0 Å². The Morgan fingerprint density at radius 2 is 1.82 bits per heavy atom. The normalized spacial score (nSPS) is 10.0. The van der Waals surface area contributed by atoms with Gasteiger partial charge in [0.25, 0.3) is 0 Å². The van der Waals surface area contributed by atoms with Crippen molar-refractivity contribution in [2.24, 2.45) is 5.73 Å². The van der Waals surface area contributed by atoms with E-state index in [9.17, 15) is 4.79 Å². The summed E-state index contributed by atoms with van der Waals surface area (Å²) < 4.78 is 1.75. The van der Waals surface area contributed by atoms with Gasteiger partial charge in [-0.1, -0.05) is 31.0 Å². The molecule has 1 heterocycles. The number of hydrogen-bond acceptors (Lipinski definition) is 3. The molecule has 1 aromatic heterocycles. The van der Waals surface area contributed by atoms with Crippen LogP contribution < -0.4 is 11.1 Å². The van der Waals surface area contributed by atoms with Gasteiger partial charge in [0.15, 0.2) is 5.82 Å². The second-order valence-electron chi connectivity index (χ2n) is 4.98. The summed E-state index contributed by atoms with van der Waals surface area (Å²) in [5.41, 5.74) is 6.41. The number of nitrogens with zero attached hydrogens (tertiary/aromatic N) is 2. The van der Waals surface area contributed by atoms with E-state index in [1.165, 1.54) is 0 Å². The summed E-state index contributed by atoms with van der Waals surface area (Å²) in [6.07, 6.45) is 6.43. The Hall–Kier alpha value is -1.85. The topological polar surface area (TPSA) is 72.9 Å². The molecule has 0 unspecified atom stereocenters. The molecule has 0 aliphatic carbocycles. The van der Waals surface area contributed by atoms with Crippen LogP contribution in [0.3, 0.4) is 0 Å². The lowest BCUT2D eigenvalue weighted by Gasteiger charge is -2.03. The standard InChI is InChI=1S/C16H22N4O.ClH/c17-12-7-2-1-6-10-16(21)18-15-11-13-20(19-15)14-8-4-3-5-9-14;/h3-5,8-9,11,13H,1-2,6-7,10,12,17H2,(H,18,19,21);1H. The summed E-state index contributed by atoms with van der Waals surface area (Å²) in [6, 6.07) is 11.6. The number of rotatable bonds is 8. The molecule has 0 aliphatic rings. The highest BCUT2D eigenvalue weighted by atomic mass is 35.5. The molecule has 0 saturated carbocycles. The Balaban J connectivity index is 0.00000242. The zero-order valence-corrected chi connectivity index (χ0v) is 13.4. The summed E-state index contributed by atoms with van der Waals surface area (Å²) in [4.78, 5) is 11.8. The molecular weight excluding hydrogens is 300 g/mol. The quantitative estimate of drug-likeness (QED) is 0.733. The number of carbonyl (C=O) groups excluding carboxylic acids is 1. The molecule has 6 heteroatoms. The predicted molar refractivity (Wildman–Crippen MR) is 91.6 cm³/mol. The third-order valence-corrected chi connectivity index (χ3v) is 3.24. The molecular formula is C16H23ClN4O. The molecule has 1 aromatic carbocycles. The fourth-order valence-electron chi connectivity index (χ4n) is 2.10. The van der Waals surface area contributed by atoms with Crippen molar-refractivity contribution in [3.05, 3.63) is 42.6 Å². The Bertz CT molecular complexity index is 556. The Morgan fingerprint density at radius 3 is 2.55 bits per heavy atom. The van der Waals surface area contributed by atoms with Gasteiger partial charge in [0, 0.05) is 18.7 Å². The van der Waals surface area contributed by atoms with E-state index in [0.29, 0.717) is 12.2 Å². The molecule has 0 atom stereocenters. The summed E-state index contributed by atoms with van der Waals surface area (Å²) in [5.74, 6) is 0.604. The van der Waals surface area contributed by atoms with Gasteiger partial charge < -0.3 is 11.1 Å². The Morgan fingerprint density at radius 1 is 1.09 bits per heavy atom. The first-order valence-electron chi connectivity index (χ1n) is 7.40. The first-order valence-corrected chi connectivity index (χ1v) is 7.40. The maximum atomic E-state index is 11.8. The average molecular weight is 323 g/mol. The van der Waals surface area contributed by atoms with Crippen molar-refractivity contribution in [3.63, 3.8) is 0 Å². The van der Waals surface area contributed by atoms with Crippen molar-refractivity contribution >= 4 is 24.1 Å². The fraction of sp³-hybridized carbons (Fsp3) is 0.375. The van der Waals surface area contributed by atoms with Gasteiger partial charge in [-0.3, -0.25) is 4.79 Å². The zero-order valence-electron chi connectivity index (χ0n) is 12.6. The minimum absolute atomic E-state index is 0. The van der Waals surface area contributed by atoms with E-state index in [0.717, 1.165) is 37.9 Å². The van der Waals surface area contributed by atoms with E-state index >= 15 is 0 Å². The first-order chi connectivity index (χ1) is 10.3. The van der Waals surface area contributed by atoms with E-state index < -0.39 is 0 Å². The second-order valence-corrected chi connectivity index (χ2v) is 4.98. The molecule has 0 radical (unpaired) electrons. The van der Waals surface area contributed by atoms with Gasteiger partial charge in [-0.15, -0.1) is 12.4 Å². The third kappa shape index (κ3) is 5.87. The van der Waals surface area contributed by atoms with Crippen LogP contribution in [0, 0.1) is 0 Å². The van der Waals surface area contributed by atoms with Crippen molar-refractivity contribution in [3.8, 4) is 5.69 Å². The smallest absolute Gasteiger partial charge is 0.225 e. The SMILES string of the molecule is Cl.NCCCCCCC(=O)Nc1ccn(-c2ccccc2)n1. The van der Waals surface area contributed by atoms with Crippen LogP contribution in [0.25, 0.3) is 5.69 Å². The number of hydrogen-bond donors (Lipinski definition) is 2. The predicted octanol–water partition coefficient (Wildman–Crippen LogP) is 3.14. The van der Waals surface area contributed by atoms with Crippen LogP contribution in [0.15, 0.2) is 42.6 Å². The number of benzene rings is 1. The average Bonchev–Trinajstić information content (AvgIpc) is 2.96. The lowest BCUT2D eigenvalue weighted by Crippen LogP contribution is -2.12. The number of unbranched alkanes of at least 4 members (excludes halogenated alkanes) is 3. The third-order valence-electron chi connectivity index (χ3n) is 3.24. The number of nitrogens with one attached hydrogen (secondary N) is 1. The lowest BCUT2D eigenvalue weighted by molar-refractivity contribution is -0.116. The van der Waals surface area contributed by atoms with Crippen molar-refractivity contribution < 1.29 is 4.79 Å². The highest BCUT2D eigenvalue weighted by Gasteiger charge is 2.05. The molecule has 120 valence electrons. The van der Waals surface area contributed by atoms with Crippen molar-refractivity contribution in [2.45, 2.75) is 32.1 Å². The van der Waals surface area contributed by atoms with Crippen LogP contribution in [0.5, 0.6) is 0 Å². The minimum Gasteiger partial charge on any atom is -0.330 e. The number of carbonyl (C=O) groups is 1. The largest absolute Gasteiger partial charge is 0.330 e. The Kier molecular flexibility index (Phi) is 8.25. The molecule has 2 aromatic rings. The molecule has 2 rings (SSSR count). The molecule has 0 saturated heterocycles. The monoisotopic (exact) mass is 322 g/mol. The van der Waals surface area contributed by atoms with E-state index in [-0.39, 0.29) is 18.3 Å². The number of halogens is 1. The number of nitrogens with two attached hydrogens (primary N) is 1. The van der Waals surface area contributed by atoms with Crippen LogP contribution in [0.4, 0.5) is 5.82 Å². The van der Waals surface area contributed by atoms with Gasteiger partial charge in [0.05, 0.1) is 5.69 Å². The second kappa shape index (κ2) is 9.97. The van der Waals surface area contributed by atoms with Gasteiger partial charge >= 0.3 is 0 Å². The fourth-order valence-corrected chi connectivity index (χ4v) is 2.10. The van der Waals surface area contributed by atoms with E-state index in [1.54, 1.807) is 10.7 Å². The lowest BCUT2D eigenvalue weighted by atomic mass is 10.1. The highest BCUT2D eigenvalue weighted by molar-refractivity contribution is 5.89. The highest BCUT2D eigenvalue weighted by Crippen LogP contribution is 2.11. The van der Waals surface area contributed by atoms with Gasteiger partial charge in [0.1, 0.15) is 0 Å².